The van der Waals surface area contributed by atoms with Gasteiger partial charge in [-0.3, -0.25) is 0 Å². The maximum atomic E-state index is 5.45. The minimum Gasteiger partial charge on any atom is -0.208 e. The maximum Gasteiger partial charge on any atom is 0.164 e. The van der Waals surface area contributed by atoms with Crippen LogP contribution in [0.25, 0.3) is 146 Å². The van der Waals surface area contributed by atoms with Crippen molar-refractivity contribution in [3.63, 3.8) is 0 Å². The third-order valence-electron chi connectivity index (χ3n) is 23.0. The van der Waals surface area contributed by atoms with Gasteiger partial charge in [0.1, 0.15) is 0 Å². The van der Waals surface area contributed by atoms with Crippen LogP contribution in [-0.4, -0.2) is 29.9 Å². The first kappa shape index (κ1) is 65.3. The molecule has 2 aliphatic carbocycles. The lowest BCUT2D eigenvalue weighted by molar-refractivity contribution is 0.723. The summed E-state index contributed by atoms with van der Waals surface area (Å²) >= 11 is 3.72. The van der Waals surface area contributed by atoms with Crippen LogP contribution < -0.4 is 0 Å². The van der Waals surface area contributed by atoms with Gasteiger partial charge in [0, 0.05) is 53.0 Å². The molecule has 1 atom stereocenters. The van der Waals surface area contributed by atoms with E-state index in [1.54, 1.807) is 0 Å². The molecule has 0 fully saturated rings. The lowest BCUT2D eigenvalue weighted by atomic mass is 9.66. The number of aromatic nitrogens is 6. The van der Waals surface area contributed by atoms with Crippen LogP contribution in [0.4, 0.5) is 0 Å². The molecule has 0 saturated heterocycles. The van der Waals surface area contributed by atoms with Crippen molar-refractivity contribution < 1.29 is 0 Å². The van der Waals surface area contributed by atoms with Gasteiger partial charge in [-0.15, -0.1) is 0 Å². The summed E-state index contributed by atoms with van der Waals surface area (Å²) in [5.74, 6) is 3.61. The average molecular weight is 1460 g/mol. The molecule has 0 radical (unpaired) electrons. The second-order valence-corrected chi connectivity index (χ2v) is 31.3. The Hall–Kier alpha value is -13.8. The van der Waals surface area contributed by atoms with Gasteiger partial charge in [0.2, 0.25) is 0 Å². The summed E-state index contributed by atoms with van der Waals surface area (Å²) in [5.41, 5.74) is 30.5. The molecule has 4 aliphatic rings. The highest BCUT2D eigenvalue weighted by Crippen LogP contribution is 2.65. The van der Waals surface area contributed by atoms with Crippen LogP contribution in [0.15, 0.2) is 408 Å². The van der Waals surface area contributed by atoms with E-state index in [4.69, 9.17) is 29.9 Å². The standard InChI is InChI=1S/C104H64N6S2/c1-4-25-65(26-5-1)70-31-22-34-76(59-70)99-106-98(107-100(108-99)77-35-23-32-71(60-77)74-54-57-95-91(63-74)103(88-45-18-20-47-93(88)111-95)85-42-15-12-38-80(85)81-39-13-16-43-86(81)103)69-51-49-66(50-52-69)73-53-56-83-82-40-14-17-44-87(82)104(90(83)62-73)89-46-19-21-48-94(89)112-96-58-55-75(64-92(96)104)72-33-24-36-78(61-72)101-105-97(68-29-8-3-9-30-68)109-102(110-101)84-41-11-10-37-79(84)67-27-6-2-7-28-67/h1-64H. The Morgan fingerprint density at radius 3 is 0.893 bits per heavy atom. The molecule has 0 N–H and O–H groups in total. The fourth-order valence-corrected chi connectivity index (χ4v) is 20.2. The lowest BCUT2D eigenvalue weighted by Crippen LogP contribution is -2.32. The number of fused-ring (bicyclic) bond motifs is 18. The van der Waals surface area contributed by atoms with Crippen molar-refractivity contribution in [3.05, 3.63) is 433 Å². The zero-order valence-electron chi connectivity index (χ0n) is 60.5. The first-order valence-corrected chi connectivity index (χ1v) is 39.6. The Morgan fingerprint density at radius 1 is 0.143 bits per heavy atom. The van der Waals surface area contributed by atoms with Gasteiger partial charge in [-0.25, -0.2) is 29.9 Å². The minimum atomic E-state index is -0.666. The Labute approximate surface area is 658 Å². The van der Waals surface area contributed by atoms with Crippen molar-refractivity contribution in [2.45, 2.75) is 30.4 Å². The Morgan fingerprint density at radius 2 is 0.411 bits per heavy atom. The van der Waals surface area contributed by atoms with Gasteiger partial charge in [0.25, 0.3) is 0 Å². The molecule has 2 spiro atoms. The van der Waals surface area contributed by atoms with Gasteiger partial charge >= 0.3 is 0 Å². The van der Waals surface area contributed by atoms with Crippen LogP contribution in [-0.2, 0) is 10.8 Å². The van der Waals surface area contributed by atoms with E-state index in [0.717, 1.165) is 89.0 Å². The van der Waals surface area contributed by atoms with Gasteiger partial charge in [-0.1, -0.05) is 351 Å². The molecule has 22 rings (SSSR count). The Balaban J connectivity index is 0.643. The molecule has 18 aromatic rings. The van der Waals surface area contributed by atoms with E-state index in [2.05, 4.69) is 364 Å². The Bertz CT molecular complexity index is 6790. The molecule has 1 unspecified atom stereocenters. The molecule has 0 amide bonds. The van der Waals surface area contributed by atoms with Gasteiger partial charge in [-0.05, 0) is 183 Å². The molecule has 0 bridgehead atoms. The van der Waals surface area contributed by atoms with E-state index >= 15 is 0 Å². The number of nitrogens with zero attached hydrogens (tertiary/aromatic N) is 6. The predicted octanol–water partition coefficient (Wildman–Crippen LogP) is 26.0. The van der Waals surface area contributed by atoms with E-state index < -0.39 is 10.8 Å². The van der Waals surface area contributed by atoms with E-state index in [9.17, 15) is 0 Å². The van der Waals surface area contributed by atoms with Crippen LogP contribution in [0.2, 0.25) is 0 Å². The van der Waals surface area contributed by atoms with Crippen LogP contribution in [0.1, 0.15) is 44.5 Å². The molecule has 4 heterocycles. The molecular weight excluding hydrogens is 1400 g/mol. The molecule has 8 heteroatoms. The van der Waals surface area contributed by atoms with Crippen LogP contribution in [0.3, 0.4) is 0 Å². The second kappa shape index (κ2) is 26.5. The first-order chi connectivity index (χ1) is 55.5. The van der Waals surface area contributed by atoms with Gasteiger partial charge < -0.3 is 0 Å². The molecule has 112 heavy (non-hydrogen) atoms. The summed E-state index contributed by atoms with van der Waals surface area (Å²) in [5, 5.41) is 0. The van der Waals surface area contributed by atoms with Gasteiger partial charge in [-0.2, -0.15) is 0 Å². The van der Waals surface area contributed by atoms with Crippen molar-refractivity contribution in [1.29, 1.82) is 0 Å². The van der Waals surface area contributed by atoms with Gasteiger partial charge in [0.15, 0.2) is 34.9 Å². The van der Waals surface area contributed by atoms with Crippen molar-refractivity contribution in [2.24, 2.45) is 0 Å². The largest absolute Gasteiger partial charge is 0.208 e. The van der Waals surface area contributed by atoms with Crippen molar-refractivity contribution >= 4 is 23.5 Å². The quantitative estimate of drug-likeness (QED) is 0.127. The molecule has 0 saturated carbocycles. The second-order valence-electron chi connectivity index (χ2n) is 29.1. The summed E-state index contributed by atoms with van der Waals surface area (Å²) in [6.45, 7) is 0. The summed E-state index contributed by atoms with van der Waals surface area (Å²) in [4.78, 5) is 37.0. The van der Waals surface area contributed by atoms with Crippen LogP contribution >= 0.6 is 23.5 Å². The van der Waals surface area contributed by atoms with Gasteiger partial charge in [0.05, 0.1) is 10.8 Å². The summed E-state index contributed by atoms with van der Waals surface area (Å²) in [6.07, 6.45) is 0. The number of hydrogen-bond acceptors (Lipinski definition) is 8. The molecule has 6 nitrogen and oxygen atoms in total. The molecule has 2 aromatic heterocycles. The van der Waals surface area contributed by atoms with Crippen molar-refractivity contribution in [3.8, 4) is 146 Å². The Kier molecular flexibility index (Phi) is 15.5. The third-order valence-corrected chi connectivity index (χ3v) is 25.3. The van der Waals surface area contributed by atoms with Crippen LogP contribution in [0, 0.1) is 0 Å². The average Bonchev–Trinajstić information content (AvgIpc) is 1.51. The van der Waals surface area contributed by atoms with E-state index in [0.29, 0.717) is 34.9 Å². The highest BCUT2D eigenvalue weighted by molar-refractivity contribution is 7.99. The number of hydrogen-bond donors (Lipinski definition) is 0. The third kappa shape index (κ3) is 10.6. The predicted molar refractivity (Wildman–Crippen MR) is 456 cm³/mol. The normalized spacial score (nSPS) is 14.1. The zero-order valence-corrected chi connectivity index (χ0v) is 62.1. The molecule has 522 valence electrons. The lowest BCUT2D eigenvalue weighted by Gasteiger charge is -2.40. The van der Waals surface area contributed by atoms with E-state index in [-0.39, 0.29) is 0 Å². The van der Waals surface area contributed by atoms with Crippen LogP contribution in [0.5, 0.6) is 0 Å². The topological polar surface area (TPSA) is 77.3 Å². The first-order valence-electron chi connectivity index (χ1n) is 37.9. The SMILES string of the molecule is c1ccc(-c2cccc(-c3nc(-c4ccc(-c5ccc6c(c5)C5(c7ccccc7Sc7ccc(-c8cccc(-c9nc(-c%10ccccc%10)nc(-c%10ccccc%10-c%10ccccc%10)n9)c8)cc75)c5ccccc5-6)cc4)nc(-c4cccc(-c5ccc6c(c5)C5(c7ccccc7S6)c6ccccc6-c6ccccc65)c4)n3)c2)cc1. The monoisotopic (exact) mass is 1460 g/mol. The molecule has 16 aromatic carbocycles. The maximum absolute atomic E-state index is 5.45. The van der Waals surface area contributed by atoms with E-state index in [1.807, 2.05) is 47.8 Å². The molecule has 2 aliphatic heterocycles. The fraction of sp³-hybridized carbons (Fsp3) is 0.0192. The summed E-state index contributed by atoms with van der Waals surface area (Å²) in [6, 6.07) is 141. The number of rotatable bonds is 11. The zero-order chi connectivity index (χ0) is 73.9. The summed E-state index contributed by atoms with van der Waals surface area (Å²) < 4.78 is 0. The van der Waals surface area contributed by atoms with E-state index in [1.165, 1.54) is 86.3 Å². The van der Waals surface area contributed by atoms with Crippen molar-refractivity contribution in [2.75, 3.05) is 0 Å². The fourth-order valence-electron chi connectivity index (χ4n) is 17.9. The van der Waals surface area contributed by atoms with Crippen molar-refractivity contribution in [1.82, 2.24) is 29.9 Å². The molecular formula is C104H64N6S2. The minimum absolute atomic E-state index is 0.499. The highest BCUT2D eigenvalue weighted by atomic mass is 32.2. The number of benzene rings is 16. The highest BCUT2D eigenvalue weighted by Gasteiger charge is 2.52. The summed E-state index contributed by atoms with van der Waals surface area (Å²) in [7, 11) is 0. The smallest absolute Gasteiger partial charge is 0.164 e.